The first kappa shape index (κ1) is 18.9. The summed E-state index contributed by atoms with van der Waals surface area (Å²) in [5.41, 5.74) is 1.15. The first-order valence-electron chi connectivity index (χ1n) is 8.17. The van der Waals surface area contributed by atoms with E-state index >= 15 is 0 Å². The van der Waals surface area contributed by atoms with Crippen LogP contribution in [0.25, 0.3) is 0 Å². The first-order chi connectivity index (χ1) is 11.4. The molecule has 0 aliphatic heterocycles. The van der Waals surface area contributed by atoms with Crippen molar-refractivity contribution in [2.45, 2.75) is 44.8 Å². The monoisotopic (exact) mass is 397 g/mol. The van der Waals surface area contributed by atoms with Gasteiger partial charge in [0.2, 0.25) is 5.91 Å². The van der Waals surface area contributed by atoms with Gasteiger partial charge in [0.15, 0.2) is 0 Å². The average molecular weight is 398 g/mol. The molecule has 0 radical (unpaired) electrons. The van der Waals surface area contributed by atoms with E-state index in [0.717, 1.165) is 16.5 Å². The number of methoxy groups -OCH3 is 1. The number of halogens is 1. The second kappa shape index (κ2) is 8.62. The number of amides is 1. The number of esters is 1. The zero-order chi connectivity index (χ0) is 17.7. The van der Waals surface area contributed by atoms with Crippen LogP contribution < -0.4 is 5.32 Å². The molecule has 1 N–H and O–H groups in total. The summed E-state index contributed by atoms with van der Waals surface area (Å²) in [6, 6.07) is 7.34. The Kier molecular flexibility index (Phi) is 6.80. The van der Waals surface area contributed by atoms with Gasteiger partial charge in [-0.1, -0.05) is 28.1 Å². The Morgan fingerprint density at radius 3 is 2.54 bits per heavy atom. The highest BCUT2D eigenvalue weighted by atomic mass is 79.9. The van der Waals surface area contributed by atoms with E-state index in [4.69, 9.17) is 9.47 Å². The summed E-state index contributed by atoms with van der Waals surface area (Å²) in [5, 5.41) is 2.81. The Morgan fingerprint density at radius 2 is 1.96 bits per heavy atom. The van der Waals surface area contributed by atoms with Gasteiger partial charge in [0, 0.05) is 23.4 Å². The molecule has 0 bridgehead atoms. The molecule has 132 valence electrons. The molecule has 0 unspecified atom stereocenters. The van der Waals surface area contributed by atoms with Gasteiger partial charge < -0.3 is 14.8 Å². The highest BCUT2D eigenvalue weighted by Crippen LogP contribution is 2.47. The van der Waals surface area contributed by atoms with Crippen molar-refractivity contribution < 1.29 is 19.1 Å². The SMILES string of the molecule is COC(=O)[C@H](CCOC(C)C)NC(=O)[C@H]1C[C@@H]1c1ccc(Br)cc1. The predicted octanol–water partition coefficient (Wildman–Crippen LogP) is 3.03. The summed E-state index contributed by atoms with van der Waals surface area (Å²) in [5.74, 6) is -0.382. The predicted molar refractivity (Wildman–Crippen MR) is 94.6 cm³/mol. The van der Waals surface area contributed by atoms with Crippen molar-refractivity contribution in [2.24, 2.45) is 5.92 Å². The highest BCUT2D eigenvalue weighted by molar-refractivity contribution is 9.10. The van der Waals surface area contributed by atoms with Crippen LogP contribution in [0.1, 0.15) is 38.2 Å². The molecule has 0 aromatic heterocycles. The fraction of sp³-hybridized carbons (Fsp3) is 0.556. The largest absolute Gasteiger partial charge is 0.467 e. The van der Waals surface area contributed by atoms with E-state index in [1.54, 1.807) is 0 Å². The van der Waals surface area contributed by atoms with E-state index in [0.29, 0.717) is 13.0 Å². The maximum atomic E-state index is 12.4. The molecular weight excluding hydrogens is 374 g/mol. The summed E-state index contributed by atoms with van der Waals surface area (Å²) >= 11 is 3.41. The van der Waals surface area contributed by atoms with Crippen molar-refractivity contribution >= 4 is 27.8 Å². The van der Waals surface area contributed by atoms with E-state index in [1.807, 2.05) is 38.1 Å². The van der Waals surface area contributed by atoms with Gasteiger partial charge in [-0.2, -0.15) is 0 Å². The van der Waals surface area contributed by atoms with Crippen LogP contribution in [-0.2, 0) is 19.1 Å². The number of hydrogen-bond donors (Lipinski definition) is 1. The number of benzene rings is 1. The second-order valence-corrected chi connectivity index (χ2v) is 7.21. The molecule has 24 heavy (non-hydrogen) atoms. The lowest BCUT2D eigenvalue weighted by atomic mass is 10.1. The molecule has 1 amide bonds. The lowest BCUT2D eigenvalue weighted by molar-refractivity contribution is -0.146. The first-order valence-corrected chi connectivity index (χ1v) is 8.97. The number of carbonyl (C=O) groups is 2. The maximum absolute atomic E-state index is 12.4. The molecule has 2 rings (SSSR count). The Balaban J connectivity index is 1.88. The number of carbonyl (C=O) groups excluding carboxylic acids is 2. The van der Waals surface area contributed by atoms with Gasteiger partial charge in [0.1, 0.15) is 6.04 Å². The van der Waals surface area contributed by atoms with E-state index in [1.165, 1.54) is 7.11 Å². The number of hydrogen-bond acceptors (Lipinski definition) is 4. The summed E-state index contributed by atoms with van der Waals surface area (Å²) < 4.78 is 11.3. The quantitative estimate of drug-likeness (QED) is 0.684. The van der Waals surface area contributed by atoms with E-state index in [9.17, 15) is 9.59 Å². The summed E-state index contributed by atoms with van der Waals surface area (Å²) in [4.78, 5) is 24.3. The van der Waals surface area contributed by atoms with Crippen molar-refractivity contribution in [3.05, 3.63) is 34.3 Å². The van der Waals surface area contributed by atoms with Crippen LogP contribution >= 0.6 is 15.9 Å². The smallest absolute Gasteiger partial charge is 0.328 e. The van der Waals surface area contributed by atoms with Crippen molar-refractivity contribution in [1.29, 1.82) is 0 Å². The molecule has 3 atom stereocenters. The van der Waals surface area contributed by atoms with E-state index in [-0.39, 0.29) is 23.8 Å². The molecule has 6 heteroatoms. The molecule has 5 nitrogen and oxygen atoms in total. The van der Waals surface area contributed by atoms with Crippen LogP contribution in [0.15, 0.2) is 28.7 Å². The molecule has 0 spiro atoms. The van der Waals surface area contributed by atoms with Crippen molar-refractivity contribution in [3.63, 3.8) is 0 Å². The second-order valence-electron chi connectivity index (χ2n) is 6.29. The third-order valence-corrected chi connectivity index (χ3v) is 4.61. The molecule has 1 aromatic carbocycles. The fourth-order valence-corrected chi connectivity index (χ4v) is 2.92. The minimum atomic E-state index is -0.660. The van der Waals surface area contributed by atoms with Crippen LogP contribution in [0.4, 0.5) is 0 Å². The molecule has 1 aliphatic carbocycles. The Bertz CT molecular complexity index is 573. The number of ether oxygens (including phenoxy) is 2. The maximum Gasteiger partial charge on any atom is 0.328 e. The standard InChI is InChI=1S/C18H24BrNO4/c1-11(2)24-9-8-16(18(22)23-3)20-17(21)15-10-14(15)12-4-6-13(19)7-5-12/h4-7,11,14-16H,8-10H2,1-3H3,(H,20,21)/t14-,15+,16+/m1/s1. The summed E-state index contributed by atoms with van der Waals surface area (Å²) in [7, 11) is 1.33. The minimum absolute atomic E-state index is 0.0793. The van der Waals surface area contributed by atoms with Gasteiger partial charge in [-0.05, 0) is 43.9 Å². The average Bonchev–Trinajstić information content (AvgIpc) is 3.34. The number of rotatable bonds is 8. The van der Waals surface area contributed by atoms with Crippen LogP contribution in [-0.4, -0.2) is 37.7 Å². The minimum Gasteiger partial charge on any atom is -0.467 e. The van der Waals surface area contributed by atoms with Gasteiger partial charge >= 0.3 is 5.97 Å². The van der Waals surface area contributed by atoms with Gasteiger partial charge in [0.25, 0.3) is 0 Å². The van der Waals surface area contributed by atoms with Crippen molar-refractivity contribution in [1.82, 2.24) is 5.32 Å². The Labute approximate surface area is 151 Å². The summed E-state index contributed by atoms with van der Waals surface area (Å²) in [6.45, 7) is 4.26. The lowest BCUT2D eigenvalue weighted by Gasteiger charge is -2.17. The van der Waals surface area contributed by atoms with E-state index in [2.05, 4.69) is 21.2 Å². The third-order valence-electron chi connectivity index (χ3n) is 4.09. The zero-order valence-electron chi connectivity index (χ0n) is 14.3. The van der Waals surface area contributed by atoms with Crippen molar-refractivity contribution in [2.75, 3.05) is 13.7 Å². The third kappa shape index (κ3) is 5.31. The molecule has 0 saturated heterocycles. The summed E-state index contributed by atoms with van der Waals surface area (Å²) in [6.07, 6.45) is 1.31. The van der Waals surface area contributed by atoms with Crippen molar-refractivity contribution in [3.8, 4) is 0 Å². The Hall–Kier alpha value is -1.40. The molecular formula is C18H24BrNO4. The molecule has 0 heterocycles. The normalized spacial score (nSPS) is 20.5. The van der Waals surface area contributed by atoms with Gasteiger partial charge in [0.05, 0.1) is 13.2 Å². The number of nitrogens with one attached hydrogen (secondary N) is 1. The van der Waals surface area contributed by atoms with Crippen LogP contribution in [0.2, 0.25) is 0 Å². The van der Waals surface area contributed by atoms with Gasteiger partial charge in [-0.15, -0.1) is 0 Å². The van der Waals surface area contributed by atoms with Crippen LogP contribution in [0, 0.1) is 5.92 Å². The zero-order valence-corrected chi connectivity index (χ0v) is 15.8. The fourth-order valence-electron chi connectivity index (χ4n) is 2.65. The molecule has 1 fully saturated rings. The topological polar surface area (TPSA) is 64.6 Å². The molecule has 1 saturated carbocycles. The molecule has 1 aromatic rings. The van der Waals surface area contributed by atoms with Crippen LogP contribution in [0.3, 0.4) is 0 Å². The lowest BCUT2D eigenvalue weighted by Crippen LogP contribution is -2.43. The molecule has 1 aliphatic rings. The van der Waals surface area contributed by atoms with E-state index < -0.39 is 12.0 Å². The highest BCUT2D eigenvalue weighted by Gasteiger charge is 2.44. The van der Waals surface area contributed by atoms with Gasteiger partial charge in [-0.25, -0.2) is 4.79 Å². The Morgan fingerprint density at radius 1 is 1.29 bits per heavy atom. The van der Waals surface area contributed by atoms with Gasteiger partial charge in [-0.3, -0.25) is 4.79 Å². The van der Waals surface area contributed by atoms with Crippen LogP contribution in [0.5, 0.6) is 0 Å².